The molecular weight excluding hydrogens is 200 g/mol. The molecule has 0 spiro atoms. The molecule has 0 radical (unpaired) electrons. The van der Waals surface area contributed by atoms with Crippen LogP contribution in [0.1, 0.15) is 30.0 Å². The van der Waals surface area contributed by atoms with E-state index in [9.17, 15) is 4.79 Å². The summed E-state index contributed by atoms with van der Waals surface area (Å²) in [6, 6.07) is 6.13. The van der Waals surface area contributed by atoms with Crippen LogP contribution in [0.5, 0.6) is 0 Å². The number of aryl methyl sites for hydroxylation is 2. The van der Waals surface area contributed by atoms with Crippen LogP contribution in [0, 0.1) is 25.7 Å². The first-order valence-corrected chi connectivity index (χ1v) is 5.34. The zero-order valence-electron chi connectivity index (χ0n) is 9.96. The smallest absolute Gasteiger partial charge is 0.306 e. The molecular formula is C14H16O2. The molecule has 0 N–H and O–H groups in total. The summed E-state index contributed by atoms with van der Waals surface area (Å²) in [6.45, 7) is 6.00. The number of hydrogen-bond acceptors (Lipinski definition) is 2. The Bertz CT molecular complexity index is 416. The number of esters is 1. The molecule has 0 saturated carbocycles. The zero-order valence-corrected chi connectivity index (χ0v) is 9.96. The lowest BCUT2D eigenvalue weighted by molar-refractivity contribution is -0.141. The van der Waals surface area contributed by atoms with E-state index in [-0.39, 0.29) is 12.6 Å². The highest BCUT2D eigenvalue weighted by Gasteiger charge is 1.94. The normalized spacial score (nSPS) is 9.19. The molecule has 2 nitrogen and oxygen atoms in total. The molecule has 1 rings (SSSR count). The van der Waals surface area contributed by atoms with Crippen molar-refractivity contribution in [2.45, 2.75) is 27.2 Å². The fraction of sp³-hybridized carbons (Fsp3) is 0.357. The highest BCUT2D eigenvalue weighted by Crippen LogP contribution is 2.07. The third-order valence-corrected chi connectivity index (χ3v) is 2.05. The van der Waals surface area contributed by atoms with E-state index in [2.05, 4.69) is 17.9 Å². The Labute approximate surface area is 96.6 Å². The lowest BCUT2D eigenvalue weighted by atomic mass is 10.1. The second kappa shape index (κ2) is 5.97. The largest absolute Gasteiger partial charge is 0.452 e. The van der Waals surface area contributed by atoms with Gasteiger partial charge >= 0.3 is 5.97 Å². The van der Waals surface area contributed by atoms with E-state index in [4.69, 9.17) is 4.74 Å². The molecule has 1 aromatic carbocycles. The van der Waals surface area contributed by atoms with Crippen molar-refractivity contribution in [2.75, 3.05) is 6.61 Å². The average molecular weight is 216 g/mol. The van der Waals surface area contributed by atoms with Gasteiger partial charge in [-0.05, 0) is 37.1 Å². The van der Waals surface area contributed by atoms with Crippen molar-refractivity contribution < 1.29 is 9.53 Å². The second-order valence-corrected chi connectivity index (χ2v) is 3.69. The monoisotopic (exact) mass is 216 g/mol. The summed E-state index contributed by atoms with van der Waals surface area (Å²) in [5.41, 5.74) is 3.34. The predicted octanol–water partition coefficient (Wildman–Crippen LogP) is 2.61. The van der Waals surface area contributed by atoms with Crippen LogP contribution in [0.3, 0.4) is 0 Å². The van der Waals surface area contributed by atoms with Crippen LogP contribution < -0.4 is 0 Å². The van der Waals surface area contributed by atoms with E-state index in [1.165, 1.54) is 11.1 Å². The number of ether oxygens (including phenoxy) is 1. The fourth-order valence-corrected chi connectivity index (χ4v) is 1.40. The summed E-state index contributed by atoms with van der Waals surface area (Å²) in [6.07, 6.45) is 0.394. The number of rotatable bonds is 2. The van der Waals surface area contributed by atoms with Gasteiger partial charge in [-0.2, -0.15) is 0 Å². The quantitative estimate of drug-likeness (QED) is 0.561. The van der Waals surface area contributed by atoms with E-state index >= 15 is 0 Å². The lowest BCUT2D eigenvalue weighted by Gasteiger charge is -1.98. The topological polar surface area (TPSA) is 26.3 Å². The van der Waals surface area contributed by atoms with Gasteiger partial charge in [-0.3, -0.25) is 4.79 Å². The van der Waals surface area contributed by atoms with E-state index in [1.54, 1.807) is 6.92 Å². The molecule has 0 aliphatic carbocycles. The molecule has 0 fully saturated rings. The van der Waals surface area contributed by atoms with Crippen molar-refractivity contribution in [1.82, 2.24) is 0 Å². The zero-order chi connectivity index (χ0) is 12.0. The van der Waals surface area contributed by atoms with Crippen molar-refractivity contribution in [3.63, 3.8) is 0 Å². The molecule has 2 heteroatoms. The summed E-state index contributed by atoms with van der Waals surface area (Å²) in [4.78, 5) is 10.8. The molecule has 0 heterocycles. The summed E-state index contributed by atoms with van der Waals surface area (Å²) >= 11 is 0. The van der Waals surface area contributed by atoms with Crippen LogP contribution in [0.15, 0.2) is 18.2 Å². The average Bonchev–Trinajstić information content (AvgIpc) is 2.22. The number of benzene rings is 1. The first-order chi connectivity index (χ1) is 7.61. The Morgan fingerprint density at radius 3 is 2.44 bits per heavy atom. The molecule has 0 aliphatic rings. The van der Waals surface area contributed by atoms with Crippen LogP contribution >= 0.6 is 0 Å². The molecule has 1 aromatic rings. The Morgan fingerprint density at radius 1 is 1.25 bits per heavy atom. The number of carbonyl (C=O) groups is 1. The molecule has 84 valence electrons. The minimum absolute atomic E-state index is 0.166. The van der Waals surface area contributed by atoms with Crippen molar-refractivity contribution >= 4 is 5.97 Å². The summed E-state index contributed by atoms with van der Waals surface area (Å²) < 4.78 is 4.86. The van der Waals surface area contributed by atoms with Crippen LogP contribution in [0.25, 0.3) is 0 Å². The first kappa shape index (κ1) is 12.3. The van der Waals surface area contributed by atoms with E-state index in [0.717, 1.165) is 5.56 Å². The van der Waals surface area contributed by atoms with Crippen molar-refractivity contribution in [2.24, 2.45) is 0 Å². The maximum Gasteiger partial charge on any atom is 0.306 e. The summed E-state index contributed by atoms with van der Waals surface area (Å²) in [5.74, 6) is 5.59. The van der Waals surface area contributed by atoms with Crippen LogP contribution in [-0.4, -0.2) is 12.6 Å². The Kier molecular flexibility index (Phi) is 4.60. The molecule has 0 atom stereocenters. The molecule has 16 heavy (non-hydrogen) atoms. The molecule has 0 saturated heterocycles. The standard InChI is InChI=1S/C14H16O2/c1-4-14(15)16-7-5-6-13-9-11(2)8-12(3)10-13/h8-10H,4,7H2,1-3H3. The Hall–Kier alpha value is -1.75. The maximum absolute atomic E-state index is 10.8. The summed E-state index contributed by atoms with van der Waals surface area (Å²) in [7, 11) is 0. The summed E-state index contributed by atoms with van der Waals surface area (Å²) in [5, 5.41) is 0. The van der Waals surface area contributed by atoms with Gasteiger partial charge in [0.25, 0.3) is 0 Å². The third-order valence-electron chi connectivity index (χ3n) is 2.05. The van der Waals surface area contributed by atoms with Crippen LogP contribution in [-0.2, 0) is 9.53 Å². The Morgan fingerprint density at radius 2 is 1.88 bits per heavy atom. The van der Waals surface area contributed by atoms with Gasteiger partial charge in [0, 0.05) is 12.0 Å². The van der Waals surface area contributed by atoms with Crippen LogP contribution in [0.2, 0.25) is 0 Å². The van der Waals surface area contributed by atoms with Gasteiger partial charge in [-0.1, -0.05) is 24.8 Å². The molecule has 0 aliphatic heterocycles. The maximum atomic E-state index is 10.8. The van der Waals surface area contributed by atoms with Gasteiger partial charge in [0.1, 0.15) is 0 Å². The highest BCUT2D eigenvalue weighted by molar-refractivity contribution is 5.69. The van der Waals surface area contributed by atoms with Crippen molar-refractivity contribution in [3.8, 4) is 11.8 Å². The van der Waals surface area contributed by atoms with Gasteiger partial charge in [0.15, 0.2) is 6.61 Å². The van der Waals surface area contributed by atoms with Crippen molar-refractivity contribution in [3.05, 3.63) is 34.9 Å². The van der Waals surface area contributed by atoms with E-state index in [0.29, 0.717) is 6.42 Å². The van der Waals surface area contributed by atoms with E-state index < -0.39 is 0 Å². The lowest BCUT2D eigenvalue weighted by Crippen LogP contribution is -2.01. The van der Waals surface area contributed by atoms with Crippen molar-refractivity contribution in [1.29, 1.82) is 0 Å². The van der Waals surface area contributed by atoms with E-state index in [1.807, 2.05) is 26.0 Å². The molecule has 0 amide bonds. The number of hydrogen-bond donors (Lipinski definition) is 0. The SMILES string of the molecule is CCC(=O)OCC#Cc1cc(C)cc(C)c1. The van der Waals surface area contributed by atoms with Crippen LogP contribution in [0.4, 0.5) is 0 Å². The van der Waals surface area contributed by atoms with Gasteiger partial charge in [-0.15, -0.1) is 0 Å². The second-order valence-electron chi connectivity index (χ2n) is 3.69. The van der Waals surface area contributed by atoms with Gasteiger partial charge in [0.2, 0.25) is 0 Å². The van der Waals surface area contributed by atoms with Gasteiger partial charge < -0.3 is 4.74 Å². The third kappa shape index (κ3) is 4.18. The minimum atomic E-state index is -0.213. The minimum Gasteiger partial charge on any atom is -0.452 e. The van der Waals surface area contributed by atoms with Gasteiger partial charge in [0.05, 0.1) is 0 Å². The highest BCUT2D eigenvalue weighted by atomic mass is 16.5. The first-order valence-electron chi connectivity index (χ1n) is 5.34. The predicted molar refractivity (Wildman–Crippen MR) is 64.0 cm³/mol. The molecule has 0 aromatic heterocycles. The molecule has 0 unspecified atom stereocenters. The molecule has 0 bridgehead atoms. The number of carbonyl (C=O) groups excluding carboxylic acids is 1. The fourth-order valence-electron chi connectivity index (χ4n) is 1.40. The van der Waals surface area contributed by atoms with Gasteiger partial charge in [-0.25, -0.2) is 0 Å². The Balaban J connectivity index is 2.59.